The van der Waals surface area contributed by atoms with Gasteiger partial charge in [0.1, 0.15) is 0 Å². The van der Waals surface area contributed by atoms with Gasteiger partial charge in [0.2, 0.25) is 11.8 Å². The number of rotatable bonds is 4. The Morgan fingerprint density at radius 3 is 2.33 bits per heavy atom. The van der Waals surface area contributed by atoms with Gasteiger partial charge < -0.3 is 10.2 Å². The number of amides is 2. The van der Waals surface area contributed by atoms with Gasteiger partial charge in [0.25, 0.3) is 0 Å². The summed E-state index contributed by atoms with van der Waals surface area (Å²) in [6.07, 6.45) is 2.45. The lowest BCUT2D eigenvalue weighted by Gasteiger charge is -2.40. The number of nitrogens with one attached hydrogen (secondary N) is 1. The number of likely N-dealkylation sites (tertiary alicyclic amines) is 1. The summed E-state index contributed by atoms with van der Waals surface area (Å²) in [7, 11) is 0. The molecule has 4 heteroatoms. The maximum absolute atomic E-state index is 12.2. The van der Waals surface area contributed by atoms with Crippen LogP contribution >= 0.6 is 0 Å². The highest BCUT2D eigenvalue weighted by Crippen LogP contribution is 2.25. The highest BCUT2D eigenvalue weighted by molar-refractivity contribution is 5.82. The molecule has 2 atom stereocenters. The predicted molar refractivity (Wildman–Crippen MR) is 85.8 cm³/mol. The molecule has 1 aliphatic heterocycles. The molecule has 0 radical (unpaired) electrons. The van der Waals surface area contributed by atoms with Crippen molar-refractivity contribution in [2.24, 2.45) is 17.3 Å². The van der Waals surface area contributed by atoms with Crippen LogP contribution in [0.25, 0.3) is 0 Å². The number of hydrogen-bond acceptors (Lipinski definition) is 2. The van der Waals surface area contributed by atoms with Gasteiger partial charge in [0.05, 0.1) is 0 Å². The molecule has 1 heterocycles. The van der Waals surface area contributed by atoms with Crippen molar-refractivity contribution in [2.75, 3.05) is 13.1 Å². The van der Waals surface area contributed by atoms with E-state index in [0.29, 0.717) is 24.8 Å². The van der Waals surface area contributed by atoms with Crippen LogP contribution in [0.3, 0.4) is 0 Å². The first-order chi connectivity index (χ1) is 9.65. The van der Waals surface area contributed by atoms with E-state index in [0.717, 1.165) is 19.4 Å². The quantitative estimate of drug-likeness (QED) is 0.867. The first kappa shape index (κ1) is 18.0. The normalized spacial score (nSPS) is 23.3. The molecule has 1 fully saturated rings. The fraction of sp³-hybridized carbons (Fsp3) is 0.882. The van der Waals surface area contributed by atoms with Crippen molar-refractivity contribution in [1.82, 2.24) is 10.2 Å². The zero-order valence-electron chi connectivity index (χ0n) is 14.5. The van der Waals surface area contributed by atoms with Crippen LogP contribution in [0, 0.1) is 17.3 Å². The molecule has 0 bridgehead atoms. The molecule has 0 saturated carbocycles. The minimum absolute atomic E-state index is 0.0693. The van der Waals surface area contributed by atoms with Crippen molar-refractivity contribution in [3.63, 3.8) is 0 Å². The predicted octanol–water partition coefficient (Wildman–Crippen LogP) is 2.82. The highest BCUT2D eigenvalue weighted by atomic mass is 16.2. The summed E-state index contributed by atoms with van der Waals surface area (Å²) in [5, 5.41) is 3.14. The number of hydrogen-bond donors (Lipinski definition) is 1. The summed E-state index contributed by atoms with van der Waals surface area (Å²) in [4.78, 5) is 26.4. The van der Waals surface area contributed by atoms with Crippen LogP contribution in [0.2, 0.25) is 0 Å². The van der Waals surface area contributed by atoms with E-state index >= 15 is 0 Å². The van der Waals surface area contributed by atoms with E-state index in [4.69, 9.17) is 0 Å². The number of carbonyl (C=O) groups is 2. The Balaban J connectivity index is 2.75. The van der Waals surface area contributed by atoms with Crippen molar-refractivity contribution in [3.05, 3.63) is 0 Å². The third-order valence-corrected chi connectivity index (χ3v) is 4.26. The van der Waals surface area contributed by atoms with Gasteiger partial charge in [-0.25, -0.2) is 0 Å². The van der Waals surface area contributed by atoms with Crippen LogP contribution in [0.15, 0.2) is 0 Å². The summed E-state index contributed by atoms with van der Waals surface area (Å²) < 4.78 is 0. The second-order valence-corrected chi connectivity index (χ2v) is 7.71. The van der Waals surface area contributed by atoms with Gasteiger partial charge in [-0.2, -0.15) is 0 Å². The summed E-state index contributed by atoms with van der Waals surface area (Å²) >= 11 is 0. The van der Waals surface area contributed by atoms with Crippen molar-refractivity contribution >= 4 is 11.8 Å². The highest BCUT2D eigenvalue weighted by Gasteiger charge is 2.33. The van der Waals surface area contributed by atoms with Gasteiger partial charge in [0, 0.05) is 31.0 Å². The average molecular weight is 296 g/mol. The van der Waals surface area contributed by atoms with Gasteiger partial charge in [-0.05, 0) is 24.7 Å². The average Bonchev–Trinajstić information content (AvgIpc) is 2.37. The second-order valence-electron chi connectivity index (χ2n) is 7.71. The van der Waals surface area contributed by atoms with Gasteiger partial charge in [0.15, 0.2) is 0 Å². The maximum atomic E-state index is 12.2. The SMILES string of the molecule is CCCC(=O)N1CC(NC(=O)C(C)(C)C)CC(C(C)C)C1. The molecule has 4 nitrogen and oxygen atoms in total. The van der Waals surface area contributed by atoms with Crippen molar-refractivity contribution < 1.29 is 9.59 Å². The number of carbonyl (C=O) groups excluding carboxylic acids is 2. The molecular formula is C17H32N2O2. The molecule has 1 rings (SSSR count). The van der Waals surface area contributed by atoms with Crippen molar-refractivity contribution in [3.8, 4) is 0 Å². The molecule has 0 aromatic carbocycles. The van der Waals surface area contributed by atoms with Crippen LogP contribution in [0.5, 0.6) is 0 Å². The van der Waals surface area contributed by atoms with Crippen molar-refractivity contribution in [2.45, 2.75) is 66.8 Å². The summed E-state index contributed by atoms with van der Waals surface area (Å²) in [6.45, 7) is 13.7. The largest absolute Gasteiger partial charge is 0.351 e. The Labute approximate surface area is 129 Å². The van der Waals surface area contributed by atoms with Crippen LogP contribution in [0.4, 0.5) is 0 Å². The van der Waals surface area contributed by atoms with Gasteiger partial charge in [-0.1, -0.05) is 41.5 Å². The zero-order valence-corrected chi connectivity index (χ0v) is 14.5. The first-order valence-electron chi connectivity index (χ1n) is 8.23. The Hall–Kier alpha value is -1.06. The van der Waals surface area contributed by atoms with E-state index in [9.17, 15) is 9.59 Å². The Bertz CT molecular complexity index is 371. The fourth-order valence-corrected chi connectivity index (χ4v) is 2.70. The second kappa shape index (κ2) is 7.28. The van der Waals surface area contributed by atoms with E-state index in [1.807, 2.05) is 32.6 Å². The summed E-state index contributed by atoms with van der Waals surface area (Å²) in [5.74, 6) is 1.28. The van der Waals surface area contributed by atoms with E-state index in [2.05, 4.69) is 19.2 Å². The molecule has 0 spiro atoms. The molecule has 0 aromatic rings. The molecule has 0 aliphatic carbocycles. The lowest BCUT2D eigenvalue weighted by atomic mass is 9.84. The standard InChI is InChI=1S/C17H32N2O2/c1-7-8-15(20)19-10-13(12(2)3)9-14(11-19)18-16(21)17(4,5)6/h12-14H,7-11H2,1-6H3,(H,18,21). The third-order valence-electron chi connectivity index (χ3n) is 4.26. The van der Waals surface area contributed by atoms with E-state index in [1.165, 1.54) is 0 Å². The molecule has 21 heavy (non-hydrogen) atoms. The van der Waals surface area contributed by atoms with E-state index < -0.39 is 0 Å². The first-order valence-corrected chi connectivity index (χ1v) is 8.23. The van der Waals surface area contributed by atoms with E-state index in [-0.39, 0.29) is 23.3 Å². The molecule has 1 saturated heterocycles. The van der Waals surface area contributed by atoms with Crippen LogP contribution in [0.1, 0.15) is 60.8 Å². The molecule has 122 valence electrons. The lowest BCUT2D eigenvalue weighted by molar-refractivity contribution is -0.136. The van der Waals surface area contributed by atoms with E-state index in [1.54, 1.807) is 0 Å². The maximum Gasteiger partial charge on any atom is 0.225 e. The fourth-order valence-electron chi connectivity index (χ4n) is 2.70. The minimum Gasteiger partial charge on any atom is -0.351 e. The number of piperidine rings is 1. The Kier molecular flexibility index (Phi) is 6.24. The van der Waals surface area contributed by atoms with Gasteiger partial charge in [-0.3, -0.25) is 9.59 Å². The Morgan fingerprint density at radius 2 is 1.86 bits per heavy atom. The molecular weight excluding hydrogens is 264 g/mol. The molecule has 2 unspecified atom stereocenters. The molecule has 2 amide bonds. The van der Waals surface area contributed by atoms with Crippen LogP contribution < -0.4 is 5.32 Å². The molecule has 0 aromatic heterocycles. The van der Waals surface area contributed by atoms with Crippen LogP contribution in [-0.4, -0.2) is 35.8 Å². The molecule has 1 N–H and O–H groups in total. The topological polar surface area (TPSA) is 49.4 Å². The third kappa shape index (κ3) is 5.33. The number of nitrogens with zero attached hydrogens (tertiary/aromatic N) is 1. The lowest BCUT2D eigenvalue weighted by Crippen LogP contribution is -2.55. The Morgan fingerprint density at radius 1 is 1.24 bits per heavy atom. The van der Waals surface area contributed by atoms with Crippen LogP contribution in [-0.2, 0) is 9.59 Å². The minimum atomic E-state index is -0.386. The smallest absolute Gasteiger partial charge is 0.225 e. The monoisotopic (exact) mass is 296 g/mol. The molecule has 1 aliphatic rings. The van der Waals surface area contributed by atoms with Gasteiger partial charge >= 0.3 is 0 Å². The van der Waals surface area contributed by atoms with Gasteiger partial charge in [-0.15, -0.1) is 0 Å². The summed E-state index contributed by atoms with van der Waals surface area (Å²) in [5.41, 5.74) is -0.386. The summed E-state index contributed by atoms with van der Waals surface area (Å²) in [6, 6.07) is 0.0821. The van der Waals surface area contributed by atoms with Crippen molar-refractivity contribution in [1.29, 1.82) is 0 Å². The zero-order chi connectivity index (χ0) is 16.2.